The maximum atomic E-state index is 10.7. The lowest BCUT2D eigenvalue weighted by molar-refractivity contribution is -0.133. The van der Waals surface area contributed by atoms with Crippen molar-refractivity contribution in [2.24, 2.45) is 0 Å². The van der Waals surface area contributed by atoms with Crippen molar-refractivity contribution in [3.63, 3.8) is 0 Å². The van der Waals surface area contributed by atoms with Crippen molar-refractivity contribution in [1.82, 2.24) is 0 Å². The van der Waals surface area contributed by atoms with E-state index in [0.29, 0.717) is 6.61 Å². The number of hydrogen-bond donors (Lipinski definition) is 1. The number of carbonyl (C=O) groups excluding carboxylic acids is 1. The van der Waals surface area contributed by atoms with Gasteiger partial charge in [0.1, 0.15) is 12.7 Å². The number of ketones is 1. The number of hydrogen-bond acceptors (Lipinski definition) is 4. The fraction of sp³-hybridized carbons (Fsp3) is 0.667. The van der Waals surface area contributed by atoms with Gasteiger partial charge in [0.2, 0.25) is 0 Å². The van der Waals surface area contributed by atoms with E-state index in [2.05, 4.69) is 0 Å². The molecular weight excluding hydrogens is 172 g/mol. The smallest absolute Gasteiger partial charge is 0.180 e. The maximum Gasteiger partial charge on any atom is 0.180 e. The lowest BCUT2D eigenvalue weighted by atomic mass is 10.3. The van der Waals surface area contributed by atoms with Crippen LogP contribution in [0.5, 0.6) is 0 Å². The van der Waals surface area contributed by atoms with Gasteiger partial charge in [0, 0.05) is 0 Å². The Kier molecular flexibility index (Phi) is 3.19. The highest BCUT2D eigenvalue weighted by atomic mass is 16.7. The van der Waals surface area contributed by atoms with Gasteiger partial charge in [-0.3, -0.25) is 4.79 Å². The summed E-state index contributed by atoms with van der Waals surface area (Å²) in [6, 6.07) is 0. The number of aliphatic hydroxyl groups is 1. The highest BCUT2D eigenvalue weighted by Crippen LogP contribution is 2.22. The van der Waals surface area contributed by atoms with E-state index in [-0.39, 0.29) is 11.9 Å². The molecule has 13 heavy (non-hydrogen) atoms. The van der Waals surface area contributed by atoms with Crippen LogP contribution >= 0.6 is 0 Å². The second-order valence-corrected chi connectivity index (χ2v) is 3.35. The molecule has 4 heteroatoms. The summed E-state index contributed by atoms with van der Waals surface area (Å²) < 4.78 is 10.7. The molecule has 1 heterocycles. The molecule has 74 valence electrons. The van der Waals surface area contributed by atoms with Gasteiger partial charge in [-0.05, 0) is 26.0 Å². The summed E-state index contributed by atoms with van der Waals surface area (Å²) in [5.74, 6) is -0.898. The third-order valence-electron chi connectivity index (χ3n) is 1.68. The second-order valence-electron chi connectivity index (χ2n) is 3.35. The molecule has 0 aromatic carbocycles. The molecule has 1 unspecified atom stereocenters. The lowest BCUT2D eigenvalue weighted by Gasteiger charge is -2.15. The standard InChI is InChI=1S/C9H14O4/c1-9(2)12-6-8(13-9)4-3-7(11)5-10/h3-4,8,10H,5-6H2,1-2H3/b4-3+. The van der Waals surface area contributed by atoms with Crippen molar-refractivity contribution in [2.75, 3.05) is 13.2 Å². The highest BCUT2D eigenvalue weighted by molar-refractivity contribution is 5.90. The molecule has 1 rings (SSSR count). The summed E-state index contributed by atoms with van der Waals surface area (Å²) in [6.07, 6.45) is 2.73. The molecule has 0 spiro atoms. The van der Waals surface area contributed by atoms with E-state index in [1.165, 1.54) is 6.08 Å². The predicted molar refractivity (Wildman–Crippen MR) is 46.1 cm³/mol. The van der Waals surface area contributed by atoms with Crippen LogP contribution in [0.2, 0.25) is 0 Å². The second kappa shape index (κ2) is 4.00. The first kappa shape index (κ1) is 10.4. The molecule has 1 aliphatic rings. The Labute approximate surface area is 77.1 Å². The van der Waals surface area contributed by atoms with E-state index >= 15 is 0 Å². The third-order valence-corrected chi connectivity index (χ3v) is 1.68. The maximum absolute atomic E-state index is 10.7. The number of ether oxygens (including phenoxy) is 2. The van der Waals surface area contributed by atoms with Gasteiger partial charge in [0.05, 0.1) is 6.61 Å². The van der Waals surface area contributed by atoms with Gasteiger partial charge in [-0.15, -0.1) is 0 Å². The van der Waals surface area contributed by atoms with Crippen molar-refractivity contribution < 1.29 is 19.4 Å². The van der Waals surface area contributed by atoms with Crippen molar-refractivity contribution in [3.05, 3.63) is 12.2 Å². The molecule has 0 saturated carbocycles. The predicted octanol–water partition coefficient (Wildman–Crippen LogP) is 0.255. The molecule has 0 aromatic rings. The van der Waals surface area contributed by atoms with E-state index in [0.717, 1.165) is 0 Å². The summed E-state index contributed by atoms with van der Waals surface area (Å²) in [6.45, 7) is 3.61. The first-order chi connectivity index (χ1) is 6.03. The molecule has 0 radical (unpaired) electrons. The van der Waals surface area contributed by atoms with E-state index < -0.39 is 12.4 Å². The van der Waals surface area contributed by atoms with Gasteiger partial charge in [-0.25, -0.2) is 0 Å². The van der Waals surface area contributed by atoms with Crippen molar-refractivity contribution in [3.8, 4) is 0 Å². The Morgan fingerprint density at radius 3 is 2.85 bits per heavy atom. The number of carbonyl (C=O) groups is 1. The minimum atomic E-state index is -0.572. The summed E-state index contributed by atoms with van der Waals surface area (Å²) >= 11 is 0. The monoisotopic (exact) mass is 186 g/mol. The van der Waals surface area contributed by atoms with Crippen LogP contribution in [0.15, 0.2) is 12.2 Å². The Balaban J connectivity index is 2.40. The van der Waals surface area contributed by atoms with Crippen LogP contribution in [-0.2, 0) is 14.3 Å². The lowest BCUT2D eigenvalue weighted by Crippen LogP contribution is -2.20. The zero-order chi connectivity index (χ0) is 9.90. The Morgan fingerprint density at radius 1 is 1.69 bits per heavy atom. The van der Waals surface area contributed by atoms with Crippen LogP contribution in [-0.4, -0.2) is 36.0 Å². The molecular formula is C9H14O4. The fourth-order valence-electron chi connectivity index (χ4n) is 1.08. The van der Waals surface area contributed by atoms with E-state index in [1.54, 1.807) is 6.08 Å². The van der Waals surface area contributed by atoms with Crippen LogP contribution < -0.4 is 0 Å². The number of rotatable bonds is 3. The van der Waals surface area contributed by atoms with E-state index in [9.17, 15) is 4.79 Å². The fourth-order valence-corrected chi connectivity index (χ4v) is 1.08. The molecule has 1 saturated heterocycles. The summed E-state index contributed by atoms with van der Waals surface area (Å²) in [5, 5.41) is 8.44. The van der Waals surface area contributed by atoms with Crippen LogP contribution in [0.1, 0.15) is 13.8 Å². The van der Waals surface area contributed by atoms with Gasteiger partial charge in [-0.1, -0.05) is 0 Å². The summed E-state index contributed by atoms with van der Waals surface area (Å²) in [5.41, 5.74) is 0. The van der Waals surface area contributed by atoms with Crippen LogP contribution in [0, 0.1) is 0 Å². The first-order valence-electron chi connectivity index (χ1n) is 4.17. The summed E-state index contributed by atoms with van der Waals surface area (Å²) in [7, 11) is 0. The van der Waals surface area contributed by atoms with Crippen LogP contribution in [0.4, 0.5) is 0 Å². The highest BCUT2D eigenvalue weighted by Gasteiger charge is 2.30. The molecule has 0 bridgehead atoms. The Hall–Kier alpha value is -0.710. The molecule has 0 aromatic heterocycles. The van der Waals surface area contributed by atoms with Crippen molar-refractivity contribution >= 4 is 5.78 Å². The van der Waals surface area contributed by atoms with Gasteiger partial charge in [0.15, 0.2) is 11.6 Å². The van der Waals surface area contributed by atoms with Gasteiger partial charge < -0.3 is 14.6 Å². The molecule has 1 atom stereocenters. The molecule has 1 aliphatic heterocycles. The quantitative estimate of drug-likeness (QED) is 0.642. The van der Waals surface area contributed by atoms with Crippen LogP contribution in [0.25, 0.3) is 0 Å². The average Bonchev–Trinajstić information content (AvgIpc) is 2.41. The van der Waals surface area contributed by atoms with Crippen LogP contribution in [0.3, 0.4) is 0 Å². The zero-order valence-corrected chi connectivity index (χ0v) is 7.82. The average molecular weight is 186 g/mol. The van der Waals surface area contributed by atoms with Crippen molar-refractivity contribution in [2.45, 2.75) is 25.7 Å². The van der Waals surface area contributed by atoms with Crippen molar-refractivity contribution in [1.29, 1.82) is 0 Å². The largest absolute Gasteiger partial charge is 0.388 e. The van der Waals surface area contributed by atoms with Gasteiger partial charge >= 0.3 is 0 Å². The minimum Gasteiger partial charge on any atom is -0.388 e. The number of aliphatic hydroxyl groups excluding tert-OH is 1. The van der Waals surface area contributed by atoms with Gasteiger partial charge in [-0.2, -0.15) is 0 Å². The van der Waals surface area contributed by atoms with Gasteiger partial charge in [0.25, 0.3) is 0 Å². The molecule has 1 N–H and O–H groups in total. The Bertz CT molecular complexity index is 220. The van der Waals surface area contributed by atoms with E-state index in [4.69, 9.17) is 14.6 Å². The third kappa shape index (κ3) is 3.26. The summed E-state index contributed by atoms with van der Waals surface area (Å²) in [4.78, 5) is 10.7. The normalized spacial score (nSPS) is 26.8. The minimum absolute atomic E-state index is 0.189. The zero-order valence-electron chi connectivity index (χ0n) is 7.82. The first-order valence-corrected chi connectivity index (χ1v) is 4.17. The Morgan fingerprint density at radius 2 is 2.38 bits per heavy atom. The molecule has 0 amide bonds. The topological polar surface area (TPSA) is 55.8 Å². The SMILES string of the molecule is CC1(C)OCC(/C=C/C(=O)CO)O1. The molecule has 1 fully saturated rings. The van der Waals surface area contributed by atoms with E-state index in [1.807, 2.05) is 13.8 Å². The molecule has 0 aliphatic carbocycles. The molecule has 4 nitrogen and oxygen atoms in total.